The minimum atomic E-state index is -0.288. The fourth-order valence-electron chi connectivity index (χ4n) is 1.40. The summed E-state index contributed by atoms with van der Waals surface area (Å²) in [5.41, 5.74) is 1.04. The van der Waals surface area contributed by atoms with Gasteiger partial charge in [0.25, 0.3) is 12.4 Å². The van der Waals surface area contributed by atoms with Gasteiger partial charge >= 0.3 is 22.4 Å². The summed E-state index contributed by atoms with van der Waals surface area (Å²) in [4.78, 5) is 11.9. The third-order valence-electron chi connectivity index (χ3n) is 2.19. The molecule has 0 radical (unpaired) electrons. The molecule has 2 rings (SSSR count). The van der Waals surface area contributed by atoms with Gasteiger partial charge in [0.15, 0.2) is 0 Å². The van der Waals surface area contributed by atoms with E-state index in [1.54, 1.807) is 42.5 Å². The standard InChI is InChI=1S/C13H9FNO2S.Au/c14-18-17-12-8-4-5-10(9-12)13(16)15-11-6-2-1-3-7-11;/h1-2,4-9H,(H,15,16);/q-1;+1. The molecule has 2 aromatic rings. The van der Waals surface area contributed by atoms with Crippen LogP contribution < -0.4 is 9.50 Å². The normalized spacial score (nSPS) is 9.32. The van der Waals surface area contributed by atoms with Crippen LogP contribution in [0, 0.1) is 6.07 Å². The molecule has 0 aliphatic carbocycles. The van der Waals surface area contributed by atoms with E-state index < -0.39 is 0 Å². The summed E-state index contributed by atoms with van der Waals surface area (Å²) in [5.74, 6) is -0.00122. The van der Waals surface area contributed by atoms with Gasteiger partial charge in [0.1, 0.15) is 5.75 Å². The van der Waals surface area contributed by atoms with Crippen molar-refractivity contribution in [2.45, 2.75) is 0 Å². The second kappa shape index (κ2) is 8.01. The van der Waals surface area contributed by atoms with Crippen LogP contribution in [0.1, 0.15) is 10.4 Å². The summed E-state index contributed by atoms with van der Waals surface area (Å²) in [6.45, 7) is 0. The van der Waals surface area contributed by atoms with Gasteiger partial charge in [0.2, 0.25) is 5.91 Å². The molecule has 102 valence electrons. The molecule has 0 unspecified atom stereocenters. The van der Waals surface area contributed by atoms with Crippen molar-refractivity contribution in [3.8, 4) is 5.75 Å². The first-order valence-electron chi connectivity index (χ1n) is 5.12. The molecule has 0 aromatic heterocycles. The van der Waals surface area contributed by atoms with Gasteiger partial charge in [-0.15, -0.1) is 9.95 Å². The SMILES string of the molecule is O=C(Nc1c[c-]ccc1)c1cccc(OSF)c1.[Au+]. The quantitative estimate of drug-likeness (QED) is 0.431. The molecule has 0 saturated carbocycles. The van der Waals surface area contributed by atoms with E-state index >= 15 is 0 Å². The number of anilines is 1. The van der Waals surface area contributed by atoms with E-state index in [1.807, 2.05) is 0 Å². The second-order valence-electron chi connectivity index (χ2n) is 3.42. The minimum absolute atomic E-state index is 0. The molecule has 19 heavy (non-hydrogen) atoms. The number of nitrogens with one attached hydrogen (secondary N) is 1. The second-order valence-corrected chi connectivity index (χ2v) is 3.71. The summed E-state index contributed by atoms with van der Waals surface area (Å²) in [6.07, 6.45) is 0. The van der Waals surface area contributed by atoms with Crippen molar-refractivity contribution in [1.82, 2.24) is 0 Å². The van der Waals surface area contributed by atoms with Gasteiger partial charge in [-0.2, -0.15) is 24.3 Å². The molecule has 0 spiro atoms. The van der Waals surface area contributed by atoms with Crippen LogP contribution in [-0.2, 0) is 22.4 Å². The van der Waals surface area contributed by atoms with Crippen LogP contribution >= 0.6 is 12.4 Å². The molecule has 0 aliphatic heterocycles. The molecule has 0 heterocycles. The predicted molar refractivity (Wildman–Crippen MR) is 69.0 cm³/mol. The zero-order valence-electron chi connectivity index (χ0n) is 9.52. The van der Waals surface area contributed by atoms with Crippen molar-refractivity contribution in [2.24, 2.45) is 0 Å². The summed E-state index contributed by atoms with van der Waals surface area (Å²) in [5, 5.41) is 2.70. The number of hydrogen-bond acceptors (Lipinski definition) is 3. The molecular weight excluding hydrogens is 450 g/mol. The average molecular weight is 459 g/mol. The van der Waals surface area contributed by atoms with Crippen molar-refractivity contribution in [3.05, 3.63) is 60.2 Å². The summed E-state index contributed by atoms with van der Waals surface area (Å²) < 4.78 is 16.6. The largest absolute Gasteiger partial charge is 1.00 e. The van der Waals surface area contributed by atoms with E-state index in [1.165, 1.54) is 6.07 Å². The zero-order valence-corrected chi connectivity index (χ0v) is 12.5. The van der Waals surface area contributed by atoms with Crippen molar-refractivity contribution < 1.29 is 35.2 Å². The number of rotatable bonds is 4. The van der Waals surface area contributed by atoms with Crippen LogP contribution in [0.15, 0.2) is 48.5 Å². The molecule has 0 fully saturated rings. The summed E-state index contributed by atoms with van der Waals surface area (Å²) in [7, 11) is 0. The predicted octanol–water partition coefficient (Wildman–Crippen LogP) is 3.65. The van der Waals surface area contributed by atoms with E-state index in [-0.39, 0.29) is 46.5 Å². The summed E-state index contributed by atoms with van der Waals surface area (Å²) >= 11 is -0.258. The first-order chi connectivity index (χ1) is 8.79. The van der Waals surface area contributed by atoms with E-state index in [9.17, 15) is 8.68 Å². The fourth-order valence-corrected chi connectivity index (χ4v) is 1.58. The van der Waals surface area contributed by atoms with Crippen LogP contribution in [0.3, 0.4) is 0 Å². The third-order valence-corrected chi connectivity index (χ3v) is 2.44. The maximum Gasteiger partial charge on any atom is 1.00 e. The Balaban J connectivity index is 0.00000180. The van der Waals surface area contributed by atoms with Crippen LogP contribution in [0.5, 0.6) is 5.75 Å². The third kappa shape index (κ3) is 4.72. The average Bonchev–Trinajstić information content (AvgIpc) is 2.40. The van der Waals surface area contributed by atoms with Gasteiger partial charge < -0.3 is 9.50 Å². The van der Waals surface area contributed by atoms with Gasteiger partial charge in [-0.05, 0) is 18.2 Å². The number of carbonyl (C=O) groups excluding carboxylic acids is 1. The van der Waals surface area contributed by atoms with E-state index in [0.29, 0.717) is 11.3 Å². The number of amides is 1. The maximum atomic E-state index is 11.9. The molecule has 3 nitrogen and oxygen atoms in total. The minimum Gasteiger partial charge on any atom is -0.397 e. The Hall–Kier alpha value is -1.27. The molecule has 6 heteroatoms. The van der Waals surface area contributed by atoms with Crippen molar-refractivity contribution >= 4 is 24.0 Å². The molecule has 0 atom stereocenters. The topological polar surface area (TPSA) is 38.3 Å². The monoisotopic (exact) mass is 459 g/mol. The molecular formula is C13H9AuFNO2S. The van der Waals surface area contributed by atoms with Crippen LogP contribution in [0.25, 0.3) is 0 Å². The zero-order chi connectivity index (χ0) is 12.8. The van der Waals surface area contributed by atoms with Gasteiger partial charge in [-0.1, -0.05) is 11.8 Å². The van der Waals surface area contributed by atoms with Gasteiger partial charge in [-0.3, -0.25) is 4.79 Å². The Morgan fingerprint density at radius 2 is 2.16 bits per heavy atom. The number of hydrogen-bond donors (Lipinski definition) is 1. The van der Waals surface area contributed by atoms with Gasteiger partial charge in [0, 0.05) is 5.56 Å². The van der Waals surface area contributed by atoms with Crippen LogP contribution in [-0.4, -0.2) is 5.91 Å². The van der Waals surface area contributed by atoms with Crippen LogP contribution in [0.4, 0.5) is 9.57 Å². The smallest absolute Gasteiger partial charge is 0.397 e. The van der Waals surface area contributed by atoms with Crippen LogP contribution in [0.2, 0.25) is 0 Å². The molecule has 0 bridgehead atoms. The van der Waals surface area contributed by atoms with Crippen molar-refractivity contribution in [2.75, 3.05) is 5.32 Å². The molecule has 1 amide bonds. The Morgan fingerprint density at radius 1 is 1.32 bits per heavy atom. The van der Waals surface area contributed by atoms with Gasteiger partial charge in [-0.25, -0.2) is 0 Å². The first-order valence-corrected chi connectivity index (χ1v) is 5.76. The molecule has 0 aliphatic rings. The molecule has 1 N–H and O–H groups in total. The first kappa shape index (κ1) is 15.8. The van der Waals surface area contributed by atoms with E-state index in [4.69, 9.17) is 0 Å². The number of benzene rings is 2. The number of carbonyl (C=O) groups is 1. The van der Waals surface area contributed by atoms with Crippen molar-refractivity contribution in [1.29, 1.82) is 0 Å². The van der Waals surface area contributed by atoms with E-state index in [2.05, 4.69) is 15.6 Å². The van der Waals surface area contributed by atoms with Crippen molar-refractivity contribution in [3.63, 3.8) is 0 Å². The van der Waals surface area contributed by atoms with E-state index in [0.717, 1.165) is 0 Å². The number of halogens is 1. The Labute approximate surface area is 130 Å². The maximum absolute atomic E-state index is 11.9. The molecule has 2 aromatic carbocycles. The Kier molecular flexibility index (Phi) is 6.66. The Morgan fingerprint density at radius 3 is 2.84 bits per heavy atom. The fraction of sp³-hybridized carbons (Fsp3) is 0. The Bertz CT molecular complexity index is 539. The molecule has 0 saturated heterocycles. The summed E-state index contributed by atoms with van der Waals surface area (Å²) in [6, 6.07) is 16.1. The van der Waals surface area contributed by atoms with Gasteiger partial charge in [0.05, 0.1) is 0 Å².